The van der Waals surface area contributed by atoms with Crippen LogP contribution in [0.25, 0.3) is 0 Å². The van der Waals surface area contributed by atoms with Crippen molar-refractivity contribution in [2.75, 3.05) is 30.8 Å². The van der Waals surface area contributed by atoms with E-state index in [0.29, 0.717) is 6.54 Å². The van der Waals surface area contributed by atoms with Crippen molar-refractivity contribution in [3.8, 4) is 0 Å². The highest BCUT2D eigenvalue weighted by Crippen LogP contribution is 2.19. The maximum atomic E-state index is 5.37. The van der Waals surface area contributed by atoms with E-state index < -0.39 is 0 Å². The molecule has 0 aliphatic rings. The third-order valence-electron chi connectivity index (χ3n) is 2.86. The van der Waals surface area contributed by atoms with Crippen LogP contribution in [0, 0.1) is 6.92 Å². The molecule has 5 heteroatoms. The summed E-state index contributed by atoms with van der Waals surface area (Å²) in [5.41, 5.74) is 0.826. The third-order valence-corrected chi connectivity index (χ3v) is 2.86. The Morgan fingerprint density at radius 3 is 2.39 bits per heavy atom. The van der Waals surface area contributed by atoms with Gasteiger partial charge in [0.2, 0.25) is 0 Å². The lowest BCUT2D eigenvalue weighted by Crippen LogP contribution is -2.32. The molecule has 0 saturated carbocycles. The van der Waals surface area contributed by atoms with Gasteiger partial charge in [0.15, 0.2) is 0 Å². The average Bonchev–Trinajstić information content (AvgIpc) is 2.36. The first-order chi connectivity index (χ1) is 8.50. The fraction of sp³-hybridized carbons (Fsp3) is 0.692. The Hall–Kier alpha value is -1.36. The van der Waals surface area contributed by atoms with Crippen LogP contribution in [0.1, 0.15) is 32.8 Å². The van der Waals surface area contributed by atoms with Crippen LogP contribution in [0.2, 0.25) is 0 Å². The summed E-state index contributed by atoms with van der Waals surface area (Å²) in [5.74, 6) is 1.75. The molecule has 18 heavy (non-hydrogen) atoms. The van der Waals surface area contributed by atoms with Crippen LogP contribution in [0.4, 0.5) is 11.6 Å². The summed E-state index contributed by atoms with van der Waals surface area (Å²) in [6.45, 7) is 9.83. The van der Waals surface area contributed by atoms with Gasteiger partial charge in [-0.25, -0.2) is 9.97 Å². The molecule has 0 radical (unpaired) electrons. The number of rotatable bonds is 7. The van der Waals surface area contributed by atoms with E-state index in [4.69, 9.17) is 4.74 Å². The van der Waals surface area contributed by atoms with Gasteiger partial charge in [0.1, 0.15) is 18.0 Å². The van der Waals surface area contributed by atoms with Crippen molar-refractivity contribution in [2.24, 2.45) is 0 Å². The zero-order valence-electron chi connectivity index (χ0n) is 12.0. The molecule has 0 unspecified atom stereocenters. The van der Waals surface area contributed by atoms with Crippen molar-refractivity contribution in [2.45, 2.75) is 39.7 Å². The van der Waals surface area contributed by atoms with E-state index in [9.17, 15) is 0 Å². The highest BCUT2D eigenvalue weighted by atomic mass is 16.5. The van der Waals surface area contributed by atoms with Crippen LogP contribution in [0.3, 0.4) is 0 Å². The topological polar surface area (TPSA) is 59.1 Å². The van der Waals surface area contributed by atoms with Crippen molar-refractivity contribution in [3.63, 3.8) is 0 Å². The number of anilines is 2. The molecule has 1 heterocycles. The monoisotopic (exact) mass is 252 g/mol. The Labute approximate surface area is 109 Å². The van der Waals surface area contributed by atoms with Gasteiger partial charge in [-0.05, 0) is 27.2 Å². The Morgan fingerprint density at radius 1 is 1.22 bits per heavy atom. The summed E-state index contributed by atoms with van der Waals surface area (Å²) >= 11 is 0. The number of ether oxygens (including phenoxy) is 1. The van der Waals surface area contributed by atoms with E-state index in [-0.39, 0.29) is 5.60 Å². The molecular weight excluding hydrogens is 228 g/mol. The SMILES string of the molecule is CCCNc1ncnc(NCC(C)(C)OC)c1C. The van der Waals surface area contributed by atoms with E-state index >= 15 is 0 Å². The van der Waals surface area contributed by atoms with E-state index in [2.05, 4.69) is 27.5 Å². The van der Waals surface area contributed by atoms with E-state index in [1.807, 2.05) is 20.8 Å². The first-order valence-electron chi connectivity index (χ1n) is 6.34. The summed E-state index contributed by atoms with van der Waals surface area (Å²) in [6.07, 6.45) is 2.65. The smallest absolute Gasteiger partial charge is 0.134 e. The predicted octanol–water partition coefficient (Wildman–Crippen LogP) is 2.44. The predicted molar refractivity (Wildman–Crippen MR) is 75.1 cm³/mol. The zero-order chi connectivity index (χ0) is 13.6. The lowest BCUT2D eigenvalue weighted by Gasteiger charge is -2.24. The van der Waals surface area contributed by atoms with Crippen molar-refractivity contribution in [3.05, 3.63) is 11.9 Å². The van der Waals surface area contributed by atoms with E-state index in [0.717, 1.165) is 30.2 Å². The molecule has 1 aromatic heterocycles. The van der Waals surface area contributed by atoms with Crippen molar-refractivity contribution < 1.29 is 4.74 Å². The summed E-state index contributed by atoms with van der Waals surface area (Å²) in [5, 5.41) is 6.60. The van der Waals surface area contributed by atoms with Crippen molar-refractivity contribution in [1.82, 2.24) is 9.97 Å². The maximum absolute atomic E-state index is 5.37. The van der Waals surface area contributed by atoms with Crippen LogP contribution >= 0.6 is 0 Å². The van der Waals surface area contributed by atoms with Gasteiger partial charge < -0.3 is 15.4 Å². The van der Waals surface area contributed by atoms with Crippen LogP contribution in [0.5, 0.6) is 0 Å². The standard InChI is InChI=1S/C13H24N4O/c1-6-7-14-11-10(2)12(17-9-16-11)15-8-13(3,4)18-5/h9H,6-8H2,1-5H3,(H2,14,15,16,17). The Balaban J connectivity index is 2.71. The lowest BCUT2D eigenvalue weighted by atomic mass is 10.1. The molecular formula is C13H24N4O. The van der Waals surface area contributed by atoms with Gasteiger partial charge in [0.25, 0.3) is 0 Å². The van der Waals surface area contributed by atoms with Gasteiger partial charge in [-0.3, -0.25) is 0 Å². The molecule has 0 spiro atoms. The number of nitrogens with zero attached hydrogens (tertiary/aromatic N) is 2. The van der Waals surface area contributed by atoms with Gasteiger partial charge in [-0.2, -0.15) is 0 Å². The summed E-state index contributed by atoms with van der Waals surface area (Å²) < 4.78 is 5.37. The van der Waals surface area contributed by atoms with Gasteiger partial charge in [-0.1, -0.05) is 6.92 Å². The fourth-order valence-corrected chi connectivity index (χ4v) is 1.42. The van der Waals surface area contributed by atoms with E-state index in [1.165, 1.54) is 0 Å². The molecule has 0 aliphatic heterocycles. The van der Waals surface area contributed by atoms with Crippen LogP contribution in [-0.4, -0.2) is 35.8 Å². The number of hydrogen-bond acceptors (Lipinski definition) is 5. The summed E-state index contributed by atoms with van der Waals surface area (Å²) in [4.78, 5) is 8.51. The second kappa shape index (κ2) is 6.54. The molecule has 1 aromatic rings. The van der Waals surface area contributed by atoms with Gasteiger partial charge >= 0.3 is 0 Å². The largest absolute Gasteiger partial charge is 0.377 e. The summed E-state index contributed by atoms with van der Waals surface area (Å²) in [7, 11) is 1.71. The third kappa shape index (κ3) is 4.14. The van der Waals surface area contributed by atoms with Gasteiger partial charge in [0, 0.05) is 25.8 Å². The number of methoxy groups -OCH3 is 1. The van der Waals surface area contributed by atoms with Crippen molar-refractivity contribution >= 4 is 11.6 Å². The Morgan fingerprint density at radius 2 is 1.83 bits per heavy atom. The minimum atomic E-state index is -0.214. The molecule has 102 valence electrons. The number of nitrogens with one attached hydrogen (secondary N) is 2. The highest BCUT2D eigenvalue weighted by molar-refractivity contribution is 5.56. The molecule has 0 aliphatic carbocycles. The normalized spacial score (nSPS) is 11.4. The quantitative estimate of drug-likeness (QED) is 0.780. The van der Waals surface area contributed by atoms with E-state index in [1.54, 1.807) is 13.4 Å². The van der Waals surface area contributed by atoms with Gasteiger partial charge in [0.05, 0.1) is 5.60 Å². The molecule has 0 saturated heterocycles. The molecule has 0 atom stereocenters. The minimum Gasteiger partial charge on any atom is -0.377 e. The van der Waals surface area contributed by atoms with Crippen LogP contribution in [0.15, 0.2) is 6.33 Å². The minimum absolute atomic E-state index is 0.214. The molecule has 0 bridgehead atoms. The highest BCUT2D eigenvalue weighted by Gasteiger charge is 2.17. The summed E-state index contributed by atoms with van der Waals surface area (Å²) in [6, 6.07) is 0. The fourth-order valence-electron chi connectivity index (χ4n) is 1.42. The first-order valence-corrected chi connectivity index (χ1v) is 6.34. The first kappa shape index (κ1) is 14.7. The van der Waals surface area contributed by atoms with Crippen LogP contribution < -0.4 is 10.6 Å². The van der Waals surface area contributed by atoms with Crippen LogP contribution in [-0.2, 0) is 4.74 Å². The Kier molecular flexibility index (Phi) is 5.34. The number of hydrogen-bond donors (Lipinski definition) is 2. The molecule has 0 fully saturated rings. The molecule has 2 N–H and O–H groups in total. The lowest BCUT2D eigenvalue weighted by molar-refractivity contribution is 0.0343. The second-order valence-corrected chi connectivity index (χ2v) is 4.94. The maximum Gasteiger partial charge on any atom is 0.134 e. The zero-order valence-corrected chi connectivity index (χ0v) is 12.0. The Bertz CT molecular complexity index is 379. The molecule has 1 rings (SSSR count). The van der Waals surface area contributed by atoms with Crippen molar-refractivity contribution in [1.29, 1.82) is 0 Å². The molecule has 0 amide bonds. The molecule has 0 aromatic carbocycles. The number of aromatic nitrogens is 2. The molecule has 5 nitrogen and oxygen atoms in total. The second-order valence-electron chi connectivity index (χ2n) is 4.94. The average molecular weight is 252 g/mol. The van der Waals surface area contributed by atoms with Gasteiger partial charge in [-0.15, -0.1) is 0 Å².